The summed E-state index contributed by atoms with van der Waals surface area (Å²) < 4.78 is 70.6. The van der Waals surface area contributed by atoms with Gasteiger partial charge in [0.15, 0.2) is 23.1 Å². The highest BCUT2D eigenvalue weighted by Crippen LogP contribution is 2.52. The Morgan fingerprint density at radius 3 is 2.05 bits per heavy atom. The van der Waals surface area contributed by atoms with Crippen LogP contribution in [0, 0.1) is 17.6 Å². The van der Waals surface area contributed by atoms with Gasteiger partial charge < -0.3 is 19.7 Å². The quantitative estimate of drug-likeness (QED) is 0.374. The molecule has 2 bridgehead atoms. The number of sulfonamides is 1. The van der Waals surface area contributed by atoms with Crippen molar-refractivity contribution in [2.45, 2.75) is 43.1 Å². The van der Waals surface area contributed by atoms with E-state index in [2.05, 4.69) is 0 Å². The molecule has 2 fully saturated rings. The van der Waals surface area contributed by atoms with Crippen LogP contribution in [0.1, 0.15) is 36.8 Å². The average Bonchev–Trinajstić information content (AvgIpc) is 3.51. The number of benzene rings is 3. The molecule has 1 saturated heterocycles. The Kier molecular flexibility index (Phi) is 6.70. The van der Waals surface area contributed by atoms with Gasteiger partial charge in [-0.05, 0) is 96.0 Å². The minimum absolute atomic E-state index is 0.131. The maximum absolute atomic E-state index is 14.5. The van der Waals surface area contributed by atoms with Gasteiger partial charge in [0.05, 0.1) is 18.9 Å². The van der Waals surface area contributed by atoms with E-state index in [-0.39, 0.29) is 12.3 Å². The van der Waals surface area contributed by atoms with Crippen molar-refractivity contribution in [3.8, 4) is 17.2 Å². The van der Waals surface area contributed by atoms with Gasteiger partial charge in [-0.2, -0.15) is 0 Å². The lowest BCUT2D eigenvalue weighted by molar-refractivity contribution is 0.128. The highest BCUT2D eigenvalue weighted by atomic mass is 32.2. The predicted octanol–water partition coefficient (Wildman–Crippen LogP) is 5.47. The predicted molar refractivity (Wildman–Crippen MR) is 147 cm³/mol. The molecule has 2 N–H and O–H groups in total. The molecule has 1 saturated carbocycles. The van der Waals surface area contributed by atoms with E-state index in [0.717, 1.165) is 31.4 Å². The second-order valence-electron chi connectivity index (χ2n) is 10.6. The van der Waals surface area contributed by atoms with Crippen LogP contribution in [0.4, 0.5) is 14.5 Å². The zero-order valence-electron chi connectivity index (χ0n) is 21.8. The Hall–Kier alpha value is -3.63. The molecule has 0 radical (unpaired) electrons. The first-order valence-electron chi connectivity index (χ1n) is 13.2. The number of halogens is 2. The molecule has 10 heteroatoms. The maximum Gasteiger partial charge on any atom is 0.241 e. The summed E-state index contributed by atoms with van der Waals surface area (Å²) in [5.41, 5.74) is 2.23. The number of anilines is 1. The number of aromatic hydroxyl groups is 2. The summed E-state index contributed by atoms with van der Waals surface area (Å²) in [5, 5.41) is 18.5. The molecule has 6 rings (SSSR count). The van der Waals surface area contributed by atoms with E-state index < -0.39 is 50.6 Å². The van der Waals surface area contributed by atoms with Gasteiger partial charge in [-0.1, -0.05) is 18.6 Å². The second kappa shape index (κ2) is 10.1. The van der Waals surface area contributed by atoms with Crippen LogP contribution in [0.5, 0.6) is 17.2 Å². The van der Waals surface area contributed by atoms with E-state index in [1.165, 1.54) is 28.6 Å². The molecule has 3 unspecified atom stereocenters. The molecule has 0 amide bonds. The lowest BCUT2D eigenvalue weighted by Crippen LogP contribution is -2.46. The minimum Gasteiger partial charge on any atom is -0.505 e. The van der Waals surface area contributed by atoms with Crippen molar-refractivity contribution in [2.24, 2.45) is 5.92 Å². The largest absolute Gasteiger partial charge is 0.505 e. The monoisotopic (exact) mass is 569 g/mol. The number of methoxy groups -OCH3 is 1. The molecule has 3 aromatic carbocycles. The van der Waals surface area contributed by atoms with Gasteiger partial charge in [-0.15, -0.1) is 0 Å². The molecule has 2 aliphatic heterocycles. The third kappa shape index (κ3) is 4.49. The number of phenolic OH excluding ortho intramolecular Hbond substituents is 2. The third-order valence-electron chi connectivity index (χ3n) is 8.21. The molecule has 7 nitrogen and oxygen atoms in total. The van der Waals surface area contributed by atoms with Crippen LogP contribution in [0.2, 0.25) is 0 Å². The summed E-state index contributed by atoms with van der Waals surface area (Å²) in [4.78, 5) is 0. The fourth-order valence-corrected chi connectivity index (χ4v) is 7.98. The van der Waals surface area contributed by atoms with Crippen molar-refractivity contribution < 1.29 is 36.9 Å². The summed E-state index contributed by atoms with van der Waals surface area (Å²) in [7, 11) is -2.44. The SMILES string of the molecule is COc1ccc(N(CC2CCC2)S(=O)(=O)C2CC3OC2C(c2ccc(O)c(F)c2)=C3c2ccc(O)c(F)c2)cc1. The Bertz CT molecular complexity index is 1590. The summed E-state index contributed by atoms with van der Waals surface area (Å²) in [6.07, 6.45) is 1.44. The number of hydrogen-bond donors (Lipinski definition) is 2. The molecule has 0 spiro atoms. The normalized spacial score (nSPS) is 22.4. The number of phenols is 2. The fraction of sp³-hybridized carbons (Fsp3) is 0.333. The first kappa shape index (κ1) is 26.6. The first-order chi connectivity index (χ1) is 19.2. The van der Waals surface area contributed by atoms with Gasteiger partial charge in [0, 0.05) is 6.54 Å². The van der Waals surface area contributed by atoms with Crippen LogP contribution >= 0.6 is 0 Å². The van der Waals surface area contributed by atoms with E-state index in [4.69, 9.17) is 9.47 Å². The van der Waals surface area contributed by atoms with Crippen LogP contribution in [0.25, 0.3) is 11.1 Å². The first-order valence-corrected chi connectivity index (χ1v) is 14.7. The van der Waals surface area contributed by atoms with Crippen molar-refractivity contribution >= 4 is 26.9 Å². The molecule has 210 valence electrons. The minimum atomic E-state index is -3.98. The highest BCUT2D eigenvalue weighted by Gasteiger charge is 2.54. The highest BCUT2D eigenvalue weighted by molar-refractivity contribution is 7.93. The summed E-state index contributed by atoms with van der Waals surface area (Å²) in [6.45, 7) is 0.339. The van der Waals surface area contributed by atoms with Gasteiger partial charge in [0.2, 0.25) is 10.0 Å². The van der Waals surface area contributed by atoms with Crippen molar-refractivity contribution in [1.82, 2.24) is 0 Å². The number of ether oxygens (including phenoxy) is 2. The molecule has 0 aromatic heterocycles. The van der Waals surface area contributed by atoms with Crippen LogP contribution in [0.3, 0.4) is 0 Å². The van der Waals surface area contributed by atoms with Crippen molar-refractivity contribution in [3.05, 3.63) is 83.4 Å². The lowest BCUT2D eigenvalue weighted by Gasteiger charge is -2.36. The van der Waals surface area contributed by atoms with Crippen LogP contribution in [0.15, 0.2) is 60.7 Å². The number of fused-ring (bicyclic) bond motifs is 2. The zero-order chi connectivity index (χ0) is 28.2. The number of rotatable bonds is 8. The van der Waals surface area contributed by atoms with Crippen LogP contribution in [-0.2, 0) is 14.8 Å². The van der Waals surface area contributed by atoms with E-state index >= 15 is 0 Å². The van der Waals surface area contributed by atoms with Gasteiger partial charge in [-0.3, -0.25) is 4.31 Å². The summed E-state index contributed by atoms with van der Waals surface area (Å²) in [6, 6.07) is 14.6. The molecule has 3 atom stereocenters. The smallest absolute Gasteiger partial charge is 0.241 e. The lowest BCUT2D eigenvalue weighted by atomic mass is 9.83. The molecular weight excluding hydrogens is 540 g/mol. The molecule has 3 aliphatic rings. The van der Waals surface area contributed by atoms with Gasteiger partial charge in [0.1, 0.15) is 17.1 Å². The van der Waals surface area contributed by atoms with E-state index in [0.29, 0.717) is 40.3 Å². The Labute approximate surface area is 231 Å². The van der Waals surface area contributed by atoms with Gasteiger partial charge in [-0.25, -0.2) is 17.2 Å². The Morgan fingerprint density at radius 1 is 0.925 bits per heavy atom. The molecular formula is C30H29F2NO6S. The topological polar surface area (TPSA) is 96.3 Å². The molecule has 2 heterocycles. The fourth-order valence-electron chi connectivity index (χ4n) is 5.89. The van der Waals surface area contributed by atoms with Gasteiger partial charge in [0.25, 0.3) is 0 Å². The van der Waals surface area contributed by atoms with E-state index in [1.54, 1.807) is 31.4 Å². The standard InChI is InChI=1S/C30H29F2NO6S/c1-38-21-9-7-20(8-10-21)33(16-17-3-2-4-17)40(36,37)27-15-26-28(18-5-11-24(34)22(31)13-18)29(30(27)39-26)19-6-12-25(35)23(32)14-19/h5-14,17,26-27,30,34-35H,2-4,15-16H2,1H3. The van der Waals surface area contributed by atoms with Crippen molar-refractivity contribution in [2.75, 3.05) is 18.0 Å². The maximum atomic E-state index is 14.5. The molecule has 3 aromatic rings. The Balaban J connectivity index is 1.44. The third-order valence-corrected chi connectivity index (χ3v) is 10.4. The van der Waals surface area contributed by atoms with Crippen LogP contribution < -0.4 is 9.04 Å². The second-order valence-corrected chi connectivity index (χ2v) is 12.6. The van der Waals surface area contributed by atoms with Gasteiger partial charge >= 0.3 is 0 Å². The van der Waals surface area contributed by atoms with E-state index in [9.17, 15) is 27.4 Å². The van der Waals surface area contributed by atoms with Crippen molar-refractivity contribution in [3.63, 3.8) is 0 Å². The molecule has 40 heavy (non-hydrogen) atoms. The number of hydrogen-bond acceptors (Lipinski definition) is 6. The Morgan fingerprint density at radius 2 is 1.52 bits per heavy atom. The zero-order valence-corrected chi connectivity index (χ0v) is 22.6. The average molecular weight is 570 g/mol. The van der Waals surface area contributed by atoms with Crippen LogP contribution in [-0.4, -0.2) is 49.7 Å². The summed E-state index contributed by atoms with van der Waals surface area (Å²) in [5.74, 6) is -1.91. The molecule has 1 aliphatic carbocycles. The van der Waals surface area contributed by atoms with Crippen molar-refractivity contribution in [1.29, 1.82) is 0 Å². The number of nitrogens with zero attached hydrogens (tertiary/aromatic N) is 1. The summed E-state index contributed by atoms with van der Waals surface area (Å²) >= 11 is 0. The van der Waals surface area contributed by atoms with E-state index in [1.807, 2.05) is 0 Å².